The molecule has 1 nitrogen and oxygen atoms in total. The Hall–Kier alpha value is -6.18. The van der Waals surface area contributed by atoms with Gasteiger partial charge >= 0.3 is 0 Å². The number of para-hydroxylation sites is 1. The lowest BCUT2D eigenvalue weighted by Crippen LogP contribution is -1.92. The second-order valence-electron chi connectivity index (χ2n) is 12.0. The Kier molecular flexibility index (Phi) is 6.54. The van der Waals surface area contributed by atoms with Gasteiger partial charge in [0.15, 0.2) is 0 Å². The van der Waals surface area contributed by atoms with Crippen molar-refractivity contribution in [1.29, 1.82) is 0 Å². The molecule has 220 valence electrons. The van der Waals surface area contributed by atoms with Gasteiger partial charge in [0.05, 0.1) is 0 Å². The van der Waals surface area contributed by atoms with Crippen molar-refractivity contribution in [3.8, 4) is 55.8 Å². The van der Waals surface area contributed by atoms with E-state index in [1.54, 1.807) is 0 Å². The van der Waals surface area contributed by atoms with Crippen LogP contribution in [0.25, 0.3) is 88.3 Å². The lowest BCUT2D eigenvalue weighted by atomic mass is 9.84. The van der Waals surface area contributed by atoms with E-state index >= 15 is 0 Å². The normalized spacial score (nSPS) is 11.4. The van der Waals surface area contributed by atoms with Crippen LogP contribution in [-0.2, 0) is 0 Å². The van der Waals surface area contributed by atoms with E-state index in [9.17, 15) is 0 Å². The largest absolute Gasteiger partial charge is 0.455 e. The van der Waals surface area contributed by atoms with E-state index in [0.717, 1.165) is 33.4 Å². The highest BCUT2D eigenvalue weighted by atomic mass is 16.3. The summed E-state index contributed by atoms with van der Waals surface area (Å²) < 4.78 is 6.81. The van der Waals surface area contributed by atoms with Crippen molar-refractivity contribution in [3.63, 3.8) is 0 Å². The Morgan fingerprint density at radius 2 is 0.660 bits per heavy atom. The molecule has 9 aromatic rings. The highest BCUT2D eigenvalue weighted by molar-refractivity contribution is 6.25. The van der Waals surface area contributed by atoms with Gasteiger partial charge in [0.25, 0.3) is 0 Å². The fourth-order valence-electron chi connectivity index (χ4n) is 7.16. The van der Waals surface area contributed by atoms with Crippen LogP contribution in [0, 0.1) is 0 Å². The molecule has 47 heavy (non-hydrogen) atoms. The molecule has 1 heterocycles. The summed E-state index contributed by atoms with van der Waals surface area (Å²) in [5.41, 5.74) is 11.5. The van der Waals surface area contributed by atoms with E-state index in [4.69, 9.17) is 4.42 Å². The fraction of sp³-hybridized carbons (Fsp3) is 0. The summed E-state index contributed by atoms with van der Waals surface area (Å²) in [4.78, 5) is 0. The Balaban J connectivity index is 1.35. The van der Waals surface area contributed by atoms with E-state index in [0.29, 0.717) is 0 Å². The van der Waals surface area contributed by atoms with Gasteiger partial charge in [0, 0.05) is 22.1 Å². The van der Waals surface area contributed by atoms with Gasteiger partial charge in [-0.3, -0.25) is 0 Å². The highest BCUT2D eigenvalue weighted by Gasteiger charge is 2.24. The molecule has 0 atom stereocenters. The first kappa shape index (κ1) is 27.2. The van der Waals surface area contributed by atoms with Gasteiger partial charge in [0.2, 0.25) is 0 Å². The van der Waals surface area contributed by atoms with Crippen molar-refractivity contribution in [2.75, 3.05) is 0 Å². The second kappa shape index (κ2) is 11.3. The summed E-state index contributed by atoms with van der Waals surface area (Å²) >= 11 is 0. The molecule has 0 saturated heterocycles. The van der Waals surface area contributed by atoms with Crippen LogP contribution in [0.1, 0.15) is 0 Å². The van der Waals surface area contributed by atoms with Gasteiger partial charge in [-0.15, -0.1) is 0 Å². The van der Waals surface area contributed by atoms with Crippen LogP contribution in [0.4, 0.5) is 0 Å². The molecule has 1 heteroatoms. The molecule has 8 aromatic carbocycles. The minimum Gasteiger partial charge on any atom is -0.455 e. The molecule has 0 unspecified atom stereocenters. The summed E-state index contributed by atoms with van der Waals surface area (Å²) in [6, 6.07) is 65.0. The Labute approximate surface area is 274 Å². The molecule has 0 bridgehead atoms. The Morgan fingerprint density at radius 1 is 0.255 bits per heavy atom. The van der Waals surface area contributed by atoms with Crippen molar-refractivity contribution in [3.05, 3.63) is 182 Å². The van der Waals surface area contributed by atoms with Gasteiger partial charge < -0.3 is 4.42 Å². The third kappa shape index (κ3) is 4.64. The zero-order valence-corrected chi connectivity index (χ0v) is 25.7. The lowest BCUT2D eigenvalue weighted by molar-refractivity contribution is 0.632. The third-order valence-corrected chi connectivity index (χ3v) is 9.27. The lowest BCUT2D eigenvalue weighted by Gasteiger charge is -2.18. The quantitative estimate of drug-likeness (QED) is 0.180. The minimum atomic E-state index is 0.885. The monoisotopic (exact) mass is 598 g/mol. The molecular formula is C46H30O. The molecule has 0 aliphatic rings. The maximum Gasteiger partial charge on any atom is 0.143 e. The highest BCUT2D eigenvalue weighted by Crippen LogP contribution is 2.49. The maximum atomic E-state index is 6.81. The number of rotatable bonds is 5. The summed E-state index contributed by atoms with van der Waals surface area (Å²) in [7, 11) is 0. The molecule has 0 radical (unpaired) electrons. The van der Waals surface area contributed by atoms with E-state index in [1.165, 1.54) is 54.9 Å². The van der Waals surface area contributed by atoms with Crippen LogP contribution in [0.2, 0.25) is 0 Å². The first-order chi connectivity index (χ1) is 23.3. The SMILES string of the molecule is c1ccc(-c2cccc(-c3oc4ccccc4c3-c3c4ccccc4c(-c4cccc(-c5ccccc5)c4)c4ccccc34)c2)cc1. The molecule has 0 aliphatic carbocycles. The van der Waals surface area contributed by atoms with Crippen molar-refractivity contribution in [2.45, 2.75) is 0 Å². The van der Waals surface area contributed by atoms with Crippen molar-refractivity contribution in [1.82, 2.24) is 0 Å². The van der Waals surface area contributed by atoms with Gasteiger partial charge in [-0.1, -0.05) is 164 Å². The molecular weight excluding hydrogens is 569 g/mol. The molecule has 0 spiro atoms. The van der Waals surface area contributed by atoms with Gasteiger partial charge in [-0.05, 0) is 73.1 Å². The number of fused-ring (bicyclic) bond motifs is 3. The van der Waals surface area contributed by atoms with Gasteiger partial charge in [0.1, 0.15) is 11.3 Å². The minimum absolute atomic E-state index is 0.885. The van der Waals surface area contributed by atoms with Crippen LogP contribution in [-0.4, -0.2) is 0 Å². The maximum absolute atomic E-state index is 6.81. The average molecular weight is 599 g/mol. The predicted octanol–water partition coefficient (Wildman–Crippen LogP) is 13.1. The topological polar surface area (TPSA) is 13.1 Å². The van der Waals surface area contributed by atoms with Crippen molar-refractivity contribution < 1.29 is 4.42 Å². The zero-order chi connectivity index (χ0) is 31.2. The molecule has 0 fully saturated rings. The molecule has 0 N–H and O–H groups in total. The van der Waals surface area contributed by atoms with Gasteiger partial charge in [-0.25, -0.2) is 0 Å². The molecule has 0 aliphatic heterocycles. The van der Waals surface area contributed by atoms with Crippen LogP contribution in [0.3, 0.4) is 0 Å². The molecule has 9 rings (SSSR count). The van der Waals surface area contributed by atoms with E-state index in [2.05, 4.69) is 182 Å². The van der Waals surface area contributed by atoms with Crippen LogP contribution in [0.5, 0.6) is 0 Å². The standard InChI is InChI=1S/C46H30O/c1-3-15-31(16-4-1)33-19-13-21-35(29-33)43-37-23-7-9-25-39(37)44(40-26-10-8-24-38(40)43)45-41-27-11-12-28-42(41)47-46(45)36-22-14-20-34(30-36)32-17-5-2-6-18-32/h1-30H. The van der Waals surface area contributed by atoms with Crippen molar-refractivity contribution in [2.24, 2.45) is 0 Å². The van der Waals surface area contributed by atoms with Crippen LogP contribution < -0.4 is 0 Å². The average Bonchev–Trinajstić information content (AvgIpc) is 3.54. The molecule has 0 amide bonds. The van der Waals surface area contributed by atoms with Crippen LogP contribution >= 0.6 is 0 Å². The number of furan rings is 1. The summed E-state index contributed by atoms with van der Waals surface area (Å²) in [6.07, 6.45) is 0. The van der Waals surface area contributed by atoms with Gasteiger partial charge in [-0.2, -0.15) is 0 Å². The van der Waals surface area contributed by atoms with Crippen LogP contribution in [0.15, 0.2) is 186 Å². The second-order valence-corrected chi connectivity index (χ2v) is 12.0. The zero-order valence-electron chi connectivity index (χ0n) is 25.7. The number of hydrogen-bond donors (Lipinski definition) is 0. The Morgan fingerprint density at radius 3 is 1.23 bits per heavy atom. The molecule has 1 aromatic heterocycles. The predicted molar refractivity (Wildman–Crippen MR) is 198 cm³/mol. The number of hydrogen-bond acceptors (Lipinski definition) is 1. The van der Waals surface area contributed by atoms with E-state index in [-0.39, 0.29) is 0 Å². The first-order valence-electron chi connectivity index (χ1n) is 16.1. The van der Waals surface area contributed by atoms with E-state index in [1.807, 2.05) is 0 Å². The fourth-order valence-corrected chi connectivity index (χ4v) is 7.16. The summed E-state index contributed by atoms with van der Waals surface area (Å²) in [5, 5.41) is 5.97. The first-order valence-corrected chi connectivity index (χ1v) is 16.1. The number of benzene rings is 8. The van der Waals surface area contributed by atoms with E-state index < -0.39 is 0 Å². The summed E-state index contributed by atoms with van der Waals surface area (Å²) in [5.74, 6) is 0.887. The third-order valence-electron chi connectivity index (χ3n) is 9.27. The smallest absolute Gasteiger partial charge is 0.143 e. The Bertz CT molecular complexity index is 2500. The molecule has 0 saturated carbocycles. The summed E-state index contributed by atoms with van der Waals surface area (Å²) in [6.45, 7) is 0. The van der Waals surface area contributed by atoms with Crippen molar-refractivity contribution >= 4 is 32.5 Å².